The van der Waals surface area contributed by atoms with E-state index < -0.39 is 28.1 Å². The summed E-state index contributed by atoms with van der Waals surface area (Å²) in [5.41, 5.74) is 0.810. The predicted octanol–water partition coefficient (Wildman–Crippen LogP) is 0.397. The third-order valence-corrected chi connectivity index (χ3v) is 8.08. The van der Waals surface area contributed by atoms with Crippen LogP contribution in [0, 0.1) is 5.82 Å². The van der Waals surface area contributed by atoms with Gasteiger partial charge in [0.15, 0.2) is 5.03 Å². The minimum Gasteiger partial charge on any atom is -0.372 e. The summed E-state index contributed by atoms with van der Waals surface area (Å²) in [6, 6.07) is 4.25. The number of nitrogens with zero attached hydrogens (tertiary/aromatic N) is 4. The van der Waals surface area contributed by atoms with Crippen LogP contribution in [0.15, 0.2) is 41.8 Å². The van der Waals surface area contributed by atoms with Crippen molar-refractivity contribution in [3.63, 3.8) is 0 Å². The summed E-state index contributed by atoms with van der Waals surface area (Å²) in [5.74, 6) is -0.627. The second-order valence-corrected chi connectivity index (χ2v) is 10.7. The summed E-state index contributed by atoms with van der Waals surface area (Å²) in [6.07, 6.45) is 3.54. The quantitative estimate of drug-likeness (QED) is 0.626. The molecule has 0 radical (unpaired) electrons. The zero-order chi connectivity index (χ0) is 24.0. The number of ether oxygens (including phenoxy) is 1. The lowest BCUT2D eigenvalue weighted by molar-refractivity contribution is -0.161. The van der Waals surface area contributed by atoms with Gasteiger partial charge in [-0.05, 0) is 30.5 Å². The van der Waals surface area contributed by atoms with Crippen molar-refractivity contribution in [2.24, 2.45) is 7.05 Å². The summed E-state index contributed by atoms with van der Waals surface area (Å²) < 4.78 is 48.5. The first-order chi connectivity index (χ1) is 16.2. The van der Waals surface area contributed by atoms with Gasteiger partial charge in [0, 0.05) is 38.8 Å². The third-order valence-electron chi connectivity index (χ3n) is 6.68. The van der Waals surface area contributed by atoms with Crippen LogP contribution < -0.4 is 4.72 Å². The highest BCUT2D eigenvalue weighted by molar-refractivity contribution is 7.89. The Kier molecular flexibility index (Phi) is 5.90. The number of carbonyl (C=O) groups excluding carboxylic acids is 2. The van der Waals surface area contributed by atoms with Crippen LogP contribution in [0.5, 0.6) is 0 Å². The molecule has 1 N–H and O–H groups in total. The lowest BCUT2D eigenvalue weighted by Crippen LogP contribution is -2.66. The zero-order valence-corrected chi connectivity index (χ0v) is 19.4. The van der Waals surface area contributed by atoms with E-state index in [0.29, 0.717) is 25.9 Å². The summed E-state index contributed by atoms with van der Waals surface area (Å²) in [7, 11) is -2.14. The van der Waals surface area contributed by atoms with Gasteiger partial charge >= 0.3 is 0 Å². The highest BCUT2D eigenvalue weighted by atomic mass is 32.2. The molecule has 1 aromatic heterocycles. The van der Waals surface area contributed by atoms with E-state index in [4.69, 9.17) is 4.74 Å². The number of halogens is 1. The molecule has 0 saturated carbocycles. The summed E-state index contributed by atoms with van der Waals surface area (Å²) in [6.45, 7) is 0.861. The Balaban J connectivity index is 1.23. The van der Waals surface area contributed by atoms with Gasteiger partial charge in [-0.15, -0.1) is 0 Å². The Labute approximate surface area is 196 Å². The number of nitrogens with one attached hydrogen (secondary N) is 1. The highest BCUT2D eigenvalue weighted by Crippen LogP contribution is 2.33. The van der Waals surface area contributed by atoms with Crippen molar-refractivity contribution < 1.29 is 27.1 Å². The molecule has 3 aliphatic rings. The van der Waals surface area contributed by atoms with E-state index in [1.807, 2.05) is 0 Å². The topological polar surface area (TPSA) is 114 Å². The van der Waals surface area contributed by atoms with Crippen molar-refractivity contribution in [1.29, 1.82) is 0 Å². The maximum Gasteiger partial charge on any atom is 0.259 e. The summed E-state index contributed by atoms with van der Waals surface area (Å²) >= 11 is 0. The van der Waals surface area contributed by atoms with Crippen molar-refractivity contribution in [2.75, 3.05) is 13.1 Å². The summed E-state index contributed by atoms with van der Waals surface area (Å²) in [4.78, 5) is 33.5. The number of fused-ring (bicyclic) bond motifs is 2. The fraction of sp³-hybridized carbons (Fsp3) is 0.500. The fourth-order valence-corrected chi connectivity index (χ4v) is 6.22. The molecule has 10 nitrogen and oxygen atoms in total. The molecule has 4 atom stereocenters. The minimum atomic E-state index is -3.82. The van der Waals surface area contributed by atoms with Gasteiger partial charge in [-0.2, -0.15) is 0 Å². The van der Waals surface area contributed by atoms with Crippen molar-refractivity contribution in [2.45, 2.75) is 55.1 Å². The second-order valence-electron chi connectivity index (χ2n) is 9.07. The maximum absolute atomic E-state index is 13.3. The number of benzene rings is 1. The molecule has 3 saturated heterocycles. The number of carbonyl (C=O) groups is 2. The van der Waals surface area contributed by atoms with Crippen LogP contribution in [0.4, 0.5) is 4.39 Å². The number of piperidine rings is 1. The standard InChI is InChI=1S/C22H26FN5O5S/c1-26-11-20(24-13-26)34(31,32)25-16-6-7-27-18(8-16)22(30)28-10-17(9-19(28)21(27)29)33-12-14-2-4-15(23)5-3-14/h2-5,11,13,16-19,25H,6-10,12H2,1H3. The SMILES string of the molecule is Cn1cnc(S(=O)(=O)NC2CCN3C(=O)C4CC(OCc5ccc(F)cc5)CN4C(=O)C3C2)c1. The highest BCUT2D eigenvalue weighted by Gasteiger charge is 2.52. The van der Waals surface area contributed by atoms with Gasteiger partial charge in [0.25, 0.3) is 10.0 Å². The Bertz CT molecular complexity index is 1200. The molecule has 2 aromatic rings. The number of rotatable bonds is 6. The molecule has 3 fully saturated rings. The van der Waals surface area contributed by atoms with Gasteiger partial charge in [0.2, 0.25) is 11.8 Å². The zero-order valence-electron chi connectivity index (χ0n) is 18.6. The Morgan fingerprint density at radius 3 is 2.53 bits per heavy atom. The molecule has 3 aliphatic heterocycles. The largest absolute Gasteiger partial charge is 0.372 e. The molecule has 12 heteroatoms. The van der Waals surface area contributed by atoms with Crippen molar-refractivity contribution in [3.05, 3.63) is 48.2 Å². The normalized spacial score (nSPS) is 27.1. The van der Waals surface area contributed by atoms with Crippen LogP contribution in [0.2, 0.25) is 0 Å². The predicted molar refractivity (Wildman–Crippen MR) is 117 cm³/mol. The first-order valence-corrected chi connectivity index (χ1v) is 12.7. The number of sulfonamides is 1. The number of amides is 2. The molecular weight excluding hydrogens is 465 g/mol. The lowest BCUT2D eigenvalue weighted by atomic mass is 9.93. The third kappa shape index (κ3) is 4.32. The molecule has 5 rings (SSSR count). The van der Waals surface area contributed by atoms with Crippen LogP contribution in [0.1, 0.15) is 24.8 Å². The molecule has 0 spiro atoms. The van der Waals surface area contributed by atoms with E-state index in [9.17, 15) is 22.4 Å². The van der Waals surface area contributed by atoms with Gasteiger partial charge in [0.05, 0.1) is 19.0 Å². The van der Waals surface area contributed by atoms with Crippen LogP contribution in [-0.2, 0) is 38.0 Å². The average Bonchev–Trinajstić information content (AvgIpc) is 3.44. The molecule has 0 bridgehead atoms. The first kappa shape index (κ1) is 22.9. The number of hydrogen-bond donors (Lipinski definition) is 1. The van der Waals surface area contributed by atoms with Gasteiger partial charge in [-0.25, -0.2) is 22.5 Å². The molecular formula is C22H26FN5O5S. The average molecular weight is 492 g/mol. The molecule has 2 amide bonds. The van der Waals surface area contributed by atoms with E-state index in [1.54, 1.807) is 33.5 Å². The van der Waals surface area contributed by atoms with Crippen molar-refractivity contribution >= 4 is 21.8 Å². The Morgan fingerprint density at radius 2 is 1.82 bits per heavy atom. The maximum atomic E-state index is 13.3. The monoisotopic (exact) mass is 491 g/mol. The molecule has 4 unspecified atom stereocenters. The first-order valence-electron chi connectivity index (χ1n) is 11.2. The van der Waals surface area contributed by atoms with Gasteiger partial charge in [-0.1, -0.05) is 12.1 Å². The van der Waals surface area contributed by atoms with E-state index in [0.717, 1.165) is 5.56 Å². The van der Waals surface area contributed by atoms with E-state index in [1.165, 1.54) is 24.7 Å². The van der Waals surface area contributed by atoms with E-state index >= 15 is 0 Å². The van der Waals surface area contributed by atoms with Crippen LogP contribution in [-0.4, -0.2) is 76.9 Å². The van der Waals surface area contributed by atoms with Crippen LogP contribution in [0.3, 0.4) is 0 Å². The summed E-state index contributed by atoms with van der Waals surface area (Å²) in [5, 5.41) is -0.0794. The second kappa shape index (κ2) is 8.75. The smallest absolute Gasteiger partial charge is 0.259 e. The van der Waals surface area contributed by atoms with E-state index in [2.05, 4.69) is 9.71 Å². The lowest BCUT2D eigenvalue weighted by Gasteiger charge is -2.46. The Hall–Kier alpha value is -2.83. The molecule has 1 aromatic carbocycles. The van der Waals surface area contributed by atoms with Crippen molar-refractivity contribution in [3.8, 4) is 0 Å². The van der Waals surface area contributed by atoms with Gasteiger partial charge in [0.1, 0.15) is 17.9 Å². The van der Waals surface area contributed by atoms with E-state index in [-0.39, 0.29) is 41.8 Å². The van der Waals surface area contributed by atoms with Crippen LogP contribution in [0.25, 0.3) is 0 Å². The molecule has 182 valence electrons. The number of hydrogen-bond acceptors (Lipinski definition) is 6. The number of imidazole rings is 1. The van der Waals surface area contributed by atoms with Crippen molar-refractivity contribution in [1.82, 2.24) is 24.1 Å². The number of aryl methyl sites for hydroxylation is 1. The molecule has 0 aliphatic carbocycles. The Morgan fingerprint density at radius 1 is 1.12 bits per heavy atom. The van der Waals surface area contributed by atoms with Gasteiger partial charge < -0.3 is 19.1 Å². The molecule has 4 heterocycles. The number of aromatic nitrogens is 2. The van der Waals surface area contributed by atoms with Gasteiger partial charge in [-0.3, -0.25) is 9.59 Å². The molecule has 34 heavy (non-hydrogen) atoms. The minimum absolute atomic E-state index is 0.0794. The number of piperazine rings is 1. The fourth-order valence-electron chi connectivity index (χ4n) is 4.95. The van der Waals surface area contributed by atoms with Crippen LogP contribution >= 0.6 is 0 Å².